The van der Waals surface area contributed by atoms with Crippen LogP contribution < -0.4 is 15.4 Å². The number of rotatable bonds is 4. The molecule has 9 heteroatoms. The lowest BCUT2D eigenvalue weighted by molar-refractivity contribution is -0.274. The third kappa shape index (κ3) is 5.32. The van der Waals surface area contributed by atoms with Crippen LogP contribution in [-0.2, 0) is 4.79 Å². The highest BCUT2D eigenvalue weighted by molar-refractivity contribution is 5.93. The van der Waals surface area contributed by atoms with Crippen LogP contribution in [0.2, 0.25) is 0 Å². The van der Waals surface area contributed by atoms with Crippen molar-refractivity contribution in [2.75, 3.05) is 18.4 Å². The second-order valence-electron chi connectivity index (χ2n) is 5.43. The van der Waals surface area contributed by atoms with Crippen LogP contribution in [-0.4, -0.2) is 42.3 Å². The third-order valence-electron chi connectivity index (χ3n) is 3.46. The summed E-state index contributed by atoms with van der Waals surface area (Å²) in [6.07, 6.45) is -2.93. The maximum Gasteiger partial charge on any atom is 0.573 e. The normalized spacial score (nSPS) is 15.8. The lowest BCUT2D eigenvalue weighted by Gasteiger charge is -2.21. The maximum absolute atomic E-state index is 12.2. The Hall–Kier alpha value is -2.45. The number of hydrogen-bond donors (Lipinski definition) is 2. The van der Waals surface area contributed by atoms with Gasteiger partial charge in [0.05, 0.1) is 0 Å². The van der Waals surface area contributed by atoms with Crippen LogP contribution >= 0.6 is 0 Å². The average Bonchev–Trinajstić information content (AvgIpc) is 2.98. The summed E-state index contributed by atoms with van der Waals surface area (Å²) in [5.41, 5.74) is 0.120. The molecule has 2 N–H and O–H groups in total. The fourth-order valence-electron chi connectivity index (χ4n) is 2.41. The number of urea groups is 1. The summed E-state index contributed by atoms with van der Waals surface area (Å²) in [4.78, 5) is 25.6. The van der Waals surface area contributed by atoms with Gasteiger partial charge in [0, 0.05) is 24.8 Å². The molecule has 132 valence electrons. The molecule has 0 aliphatic carbocycles. The number of amides is 3. The summed E-state index contributed by atoms with van der Waals surface area (Å²) in [5, 5.41) is 4.84. The molecule has 2 rings (SSSR count). The van der Waals surface area contributed by atoms with Gasteiger partial charge in [0.1, 0.15) is 11.8 Å². The van der Waals surface area contributed by atoms with Gasteiger partial charge in [0.2, 0.25) is 5.91 Å². The Bertz CT molecular complexity index is 601. The van der Waals surface area contributed by atoms with E-state index in [9.17, 15) is 22.8 Å². The standard InChI is InChI=1S/C15H18F3N3O3/c1-10(13(22)21-7-2-3-8-21)19-14(23)20-11-5-4-6-12(9-11)24-15(16,17)18/h4-6,9-10H,2-3,7-8H2,1H3,(H2,19,20,23)/t10-/m1/s1. The number of benzene rings is 1. The number of alkyl halides is 3. The zero-order chi connectivity index (χ0) is 17.7. The number of nitrogens with zero attached hydrogens (tertiary/aromatic N) is 1. The Morgan fingerprint density at radius 1 is 1.25 bits per heavy atom. The first-order chi connectivity index (χ1) is 11.2. The molecule has 1 heterocycles. The van der Waals surface area contributed by atoms with Crippen molar-refractivity contribution in [1.82, 2.24) is 10.2 Å². The number of ether oxygens (including phenoxy) is 1. The van der Waals surface area contributed by atoms with Gasteiger partial charge in [-0.2, -0.15) is 0 Å². The van der Waals surface area contributed by atoms with E-state index in [1.165, 1.54) is 12.1 Å². The minimum absolute atomic E-state index is 0.120. The van der Waals surface area contributed by atoms with Crippen LogP contribution in [0.5, 0.6) is 5.75 Å². The molecule has 1 aliphatic rings. The number of carbonyl (C=O) groups excluding carboxylic acids is 2. The zero-order valence-corrected chi connectivity index (χ0v) is 13.0. The number of halogens is 3. The van der Waals surface area contributed by atoms with Crippen molar-refractivity contribution in [1.29, 1.82) is 0 Å². The van der Waals surface area contributed by atoms with Gasteiger partial charge >= 0.3 is 12.4 Å². The van der Waals surface area contributed by atoms with Crippen LogP contribution in [0.1, 0.15) is 19.8 Å². The van der Waals surface area contributed by atoms with E-state index in [2.05, 4.69) is 15.4 Å². The Labute approximate surface area is 137 Å². The molecule has 0 spiro atoms. The number of carbonyl (C=O) groups is 2. The summed E-state index contributed by atoms with van der Waals surface area (Å²) < 4.78 is 40.3. The molecule has 1 aliphatic heterocycles. The molecule has 1 saturated heterocycles. The number of anilines is 1. The Morgan fingerprint density at radius 2 is 1.92 bits per heavy atom. The fraction of sp³-hybridized carbons (Fsp3) is 0.467. The highest BCUT2D eigenvalue weighted by atomic mass is 19.4. The summed E-state index contributed by atoms with van der Waals surface area (Å²) in [6, 6.07) is 3.48. The van der Waals surface area contributed by atoms with Gasteiger partial charge < -0.3 is 20.3 Å². The van der Waals surface area contributed by atoms with Crippen LogP contribution in [0.4, 0.5) is 23.7 Å². The van der Waals surface area contributed by atoms with E-state index < -0.39 is 24.2 Å². The van der Waals surface area contributed by atoms with E-state index in [1.54, 1.807) is 11.8 Å². The highest BCUT2D eigenvalue weighted by Gasteiger charge is 2.31. The minimum Gasteiger partial charge on any atom is -0.406 e. The van der Waals surface area contributed by atoms with E-state index in [-0.39, 0.29) is 11.6 Å². The van der Waals surface area contributed by atoms with Gasteiger partial charge in [-0.3, -0.25) is 4.79 Å². The molecule has 1 aromatic rings. The smallest absolute Gasteiger partial charge is 0.406 e. The van der Waals surface area contributed by atoms with Gasteiger partial charge in [-0.05, 0) is 31.9 Å². The minimum atomic E-state index is -4.81. The number of hydrogen-bond acceptors (Lipinski definition) is 3. The zero-order valence-electron chi connectivity index (χ0n) is 13.0. The number of nitrogens with one attached hydrogen (secondary N) is 2. The monoisotopic (exact) mass is 345 g/mol. The predicted molar refractivity (Wildman–Crippen MR) is 80.6 cm³/mol. The van der Waals surface area contributed by atoms with Crippen LogP contribution in [0, 0.1) is 0 Å². The van der Waals surface area contributed by atoms with Crippen LogP contribution in [0.25, 0.3) is 0 Å². The van der Waals surface area contributed by atoms with Gasteiger partial charge in [0.25, 0.3) is 0 Å². The molecular weight excluding hydrogens is 327 g/mol. The van der Waals surface area contributed by atoms with E-state index in [0.717, 1.165) is 25.0 Å². The van der Waals surface area contributed by atoms with E-state index in [0.29, 0.717) is 13.1 Å². The third-order valence-corrected chi connectivity index (χ3v) is 3.46. The molecule has 0 bridgehead atoms. The van der Waals surface area contributed by atoms with Gasteiger partial charge in [-0.15, -0.1) is 13.2 Å². The van der Waals surface area contributed by atoms with Crippen LogP contribution in [0.15, 0.2) is 24.3 Å². The molecule has 0 radical (unpaired) electrons. The summed E-state index contributed by atoms with van der Waals surface area (Å²) in [6.45, 7) is 2.90. The van der Waals surface area contributed by atoms with Gasteiger partial charge in [-0.25, -0.2) is 4.79 Å². The quantitative estimate of drug-likeness (QED) is 0.881. The average molecular weight is 345 g/mol. The molecule has 0 unspecified atom stereocenters. The Kier molecular flexibility index (Phi) is 5.53. The van der Waals surface area contributed by atoms with Crippen molar-refractivity contribution in [3.8, 4) is 5.75 Å². The second-order valence-corrected chi connectivity index (χ2v) is 5.43. The fourth-order valence-corrected chi connectivity index (χ4v) is 2.41. The second kappa shape index (κ2) is 7.41. The van der Waals surface area contributed by atoms with Crippen molar-refractivity contribution in [2.24, 2.45) is 0 Å². The van der Waals surface area contributed by atoms with Gasteiger partial charge in [0.15, 0.2) is 0 Å². The Balaban J connectivity index is 1.89. The van der Waals surface area contributed by atoms with Crippen molar-refractivity contribution < 1.29 is 27.5 Å². The molecule has 1 fully saturated rings. The van der Waals surface area contributed by atoms with Crippen molar-refractivity contribution in [3.63, 3.8) is 0 Å². The first-order valence-electron chi connectivity index (χ1n) is 7.47. The van der Waals surface area contributed by atoms with Crippen molar-refractivity contribution >= 4 is 17.6 Å². The van der Waals surface area contributed by atoms with E-state index in [4.69, 9.17) is 0 Å². The van der Waals surface area contributed by atoms with E-state index >= 15 is 0 Å². The SMILES string of the molecule is C[C@@H](NC(=O)Nc1cccc(OC(F)(F)F)c1)C(=O)N1CCCC1. The van der Waals surface area contributed by atoms with Gasteiger partial charge in [-0.1, -0.05) is 6.07 Å². The summed E-state index contributed by atoms with van der Waals surface area (Å²) in [5.74, 6) is -0.627. The lowest BCUT2D eigenvalue weighted by Crippen LogP contribution is -2.47. The first-order valence-corrected chi connectivity index (χ1v) is 7.47. The molecule has 1 aromatic carbocycles. The summed E-state index contributed by atoms with van der Waals surface area (Å²) >= 11 is 0. The Morgan fingerprint density at radius 3 is 2.54 bits per heavy atom. The topological polar surface area (TPSA) is 70.7 Å². The van der Waals surface area contributed by atoms with Crippen molar-refractivity contribution in [3.05, 3.63) is 24.3 Å². The summed E-state index contributed by atoms with van der Waals surface area (Å²) in [7, 11) is 0. The first kappa shape index (κ1) is 17.9. The number of likely N-dealkylation sites (tertiary alicyclic amines) is 1. The molecule has 6 nitrogen and oxygen atoms in total. The molecule has 3 amide bonds. The van der Waals surface area contributed by atoms with E-state index in [1.807, 2.05) is 0 Å². The molecule has 0 aromatic heterocycles. The molecule has 0 saturated carbocycles. The predicted octanol–water partition coefficient (Wildman–Crippen LogP) is 2.72. The van der Waals surface area contributed by atoms with Crippen molar-refractivity contribution in [2.45, 2.75) is 32.2 Å². The lowest BCUT2D eigenvalue weighted by atomic mass is 10.3. The highest BCUT2D eigenvalue weighted by Crippen LogP contribution is 2.25. The van der Waals surface area contributed by atoms with Crippen LogP contribution in [0.3, 0.4) is 0 Å². The maximum atomic E-state index is 12.2. The molecular formula is C15H18F3N3O3. The largest absolute Gasteiger partial charge is 0.573 e. The molecule has 1 atom stereocenters. The molecule has 24 heavy (non-hydrogen) atoms.